The van der Waals surface area contributed by atoms with Gasteiger partial charge in [0.05, 0.1) is 17.2 Å². The highest BCUT2D eigenvalue weighted by Crippen LogP contribution is 2.20. The van der Waals surface area contributed by atoms with Crippen LogP contribution in [-0.4, -0.2) is 12.5 Å². The van der Waals surface area contributed by atoms with Gasteiger partial charge in [-0.25, -0.2) is 0 Å². The minimum atomic E-state index is -0.260. The average molecular weight is 324 g/mol. The van der Waals surface area contributed by atoms with Crippen molar-refractivity contribution in [1.82, 2.24) is 5.32 Å². The molecule has 0 unspecified atom stereocenters. The molecule has 0 aliphatic carbocycles. The second-order valence-electron chi connectivity index (χ2n) is 4.39. The van der Waals surface area contributed by atoms with Crippen molar-refractivity contribution in [3.05, 3.63) is 63.6 Å². The molecule has 0 saturated heterocycles. The van der Waals surface area contributed by atoms with Gasteiger partial charge in [0.2, 0.25) is 0 Å². The molecule has 1 N–H and O–H groups in total. The summed E-state index contributed by atoms with van der Waals surface area (Å²) in [5.41, 5.74) is 1.32. The number of hydrogen-bond acceptors (Lipinski definition) is 2. The Balaban J connectivity index is 2.04. The van der Waals surface area contributed by atoms with Crippen molar-refractivity contribution in [2.75, 3.05) is 6.61 Å². The number of rotatable bonds is 5. The fourth-order valence-corrected chi connectivity index (χ4v) is 2.24. The van der Waals surface area contributed by atoms with Crippen molar-refractivity contribution in [3.8, 4) is 5.75 Å². The molecule has 3 nitrogen and oxygen atoms in total. The Morgan fingerprint density at radius 2 is 2.00 bits per heavy atom. The molecule has 0 radical (unpaired) electrons. The lowest BCUT2D eigenvalue weighted by Crippen LogP contribution is -2.23. The Morgan fingerprint density at radius 3 is 2.76 bits per heavy atom. The quantitative estimate of drug-likeness (QED) is 0.889. The summed E-state index contributed by atoms with van der Waals surface area (Å²) in [4.78, 5) is 12.1. The average Bonchev–Trinajstić information content (AvgIpc) is 2.48. The topological polar surface area (TPSA) is 38.3 Å². The molecule has 5 heteroatoms. The Morgan fingerprint density at radius 1 is 1.19 bits per heavy atom. The van der Waals surface area contributed by atoms with Gasteiger partial charge in [-0.1, -0.05) is 35.3 Å². The maximum atomic E-state index is 12.1. The first kappa shape index (κ1) is 15.7. The van der Waals surface area contributed by atoms with Crippen LogP contribution in [0.25, 0.3) is 0 Å². The van der Waals surface area contributed by atoms with Gasteiger partial charge in [0.1, 0.15) is 5.75 Å². The second kappa shape index (κ2) is 7.34. The van der Waals surface area contributed by atoms with Gasteiger partial charge < -0.3 is 10.1 Å². The smallest absolute Gasteiger partial charge is 0.253 e. The van der Waals surface area contributed by atoms with Crippen molar-refractivity contribution >= 4 is 29.1 Å². The third-order valence-electron chi connectivity index (χ3n) is 2.84. The minimum Gasteiger partial charge on any atom is -0.494 e. The summed E-state index contributed by atoms with van der Waals surface area (Å²) in [6.07, 6.45) is 0. The molecule has 0 atom stereocenters. The van der Waals surface area contributed by atoms with Crippen LogP contribution in [0.15, 0.2) is 42.5 Å². The van der Waals surface area contributed by atoms with E-state index in [1.54, 1.807) is 18.2 Å². The number of carbonyl (C=O) groups excluding carboxylic acids is 1. The minimum absolute atomic E-state index is 0.260. The van der Waals surface area contributed by atoms with Gasteiger partial charge in [0.15, 0.2) is 0 Å². The summed E-state index contributed by atoms with van der Waals surface area (Å²) < 4.78 is 5.42. The first-order valence-electron chi connectivity index (χ1n) is 6.55. The van der Waals surface area contributed by atoms with Gasteiger partial charge >= 0.3 is 0 Å². The molecule has 2 aromatic rings. The lowest BCUT2D eigenvalue weighted by atomic mass is 10.2. The van der Waals surface area contributed by atoms with Crippen molar-refractivity contribution in [2.24, 2.45) is 0 Å². The molecule has 0 heterocycles. The molecule has 0 aromatic heterocycles. The SMILES string of the molecule is CCOc1cccc(CNC(=O)c2cc(Cl)ccc2Cl)c1. The van der Waals surface area contributed by atoms with Gasteiger partial charge in [-0.05, 0) is 42.8 Å². The lowest BCUT2D eigenvalue weighted by molar-refractivity contribution is 0.0951. The highest BCUT2D eigenvalue weighted by Gasteiger charge is 2.10. The predicted molar refractivity (Wildman–Crippen MR) is 85.2 cm³/mol. The number of carbonyl (C=O) groups is 1. The molecule has 1 amide bonds. The van der Waals surface area contributed by atoms with Crippen LogP contribution in [-0.2, 0) is 6.54 Å². The van der Waals surface area contributed by atoms with Gasteiger partial charge in [0.25, 0.3) is 5.91 Å². The van der Waals surface area contributed by atoms with Gasteiger partial charge in [-0.15, -0.1) is 0 Å². The monoisotopic (exact) mass is 323 g/mol. The largest absolute Gasteiger partial charge is 0.494 e. The second-order valence-corrected chi connectivity index (χ2v) is 5.23. The molecular weight excluding hydrogens is 309 g/mol. The molecule has 2 rings (SSSR count). The van der Waals surface area contributed by atoms with E-state index in [1.165, 1.54) is 0 Å². The zero-order valence-electron chi connectivity index (χ0n) is 11.5. The molecule has 0 bridgehead atoms. The van der Waals surface area contributed by atoms with Crippen molar-refractivity contribution in [2.45, 2.75) is 13.5 Å². The number of nitrogens with one attached hydrogen (secondary N) is 1. The normalized spacial score (nSPS) is 10.2. The molecule has 0 aliphatic heterocycles. The van der Waals surface area contributed by atoms with E-state index in [0.717, 1.165) is 11.3 Å². The Labute approximate surface area is 133 Å². The van der Waals surface area contributed by atoms with E-state index in [0.29, 0.717) is 28.8 Å². The van der Waals surface area contributed by atoms with Gasteiger partial charge in [-0.2, -0.15) is 0 Å². The standard InChI is InChI=1S/C16H15Cl2NO2/c1-2-21-13-5-3-4-11(8-13)10-19-16(20)14-9-12(17)6-7-15(14)18/h3-9H,2,10H2,1H3,(H,19,20). The van der Waals surface area contributed by atoms with E-state index in [1.807, 2.05) is 31.2 Å². The van der Waals surface area contributed by atoms with Crippen molar-refractivity contribution in [1.29, 1.82) is 0 Å². The lowest BCUT2D eigenvalue weighted by Gasteiger charge is -2.09. The summed E-state index contributed by atoms with van der Waals surface area (Å²) in [5, 5.41) is 3.66. The van der Waals surface area contributed by atoms with Crippen LogP contribution < -0.4 is 10.1 Å². The zero-order valence-corrected chi connectivity index (χ0v) is 13.0. The van der Waals surface area contributed by atoms with Crippen molar-refractivity contribution < 1.29 is 9.53 Å². The summed E-state index contributed by atoms with van der Waals surface area (Å²) in [7, 11) is 0. The number of benzene rings is 2. The number of halogens is 2. The molecule has 0 spiro atoms. The Hall–Kier alpha value is -1.71. The van der Waals surface area contributed by atoms with Crippen LogP contribution >= 0.6 is 23.2 Å². The fourth-order valence-electron chi connectivity index (χ4n) is 1.86. The molecular formula is C16H15Cl2NO2. The molecule has 21 heavy (non-hydrogen) atoms. The van der Waals surface area contributed by atoms with E-state index in [-0.39, 0.29) is 5.91 Å². The van der Waals surface area contributed by atoms with Crippen molar-refractivity contribution in [3.63, 3.8) is 0 Å². The summed E-state index contributed by atoms with van der Waals surface area (Å²) in [5.74, 6) is 0.523. The maximum absolute atomic E-state index is 12.1. The van der Waals surface area contributed by atoms with Gasteiger partial charge in [-0.3, -0.25) is 4.79 Å². The van der Waals surface area contributed by atoms with E-state index < -0.39 is 0 Å². The number of amides is 1. The van der Waals surface area contributed by atoms with Crippen LogP contribution in [0.3, 0.4) is 0 Å². The van der Waals surface area contributed by atoms with E-state index in [4.69, 9.17) is 27.9 Å². The van der Waals surface area contributed by atoms with E-state index in [2.05, 4.69) is 5.32 Å². The highest BCUT2D eigenvalue weighted by atomic mass is 35.5. The molecule has 0 saturated carbocycles. The Kier molecular flexibility index (Phi) is 5.48. The van der Waals surface area contributed by atoms with Crippen LogP contribution in [0.2, 0.25) is 10.0 Å². The van der Waals surface area contributed by atoms with Crippen LogP contribution in [0.4, 0.5) is 0 Å². The molecule has 0 fully saturated rings. The van der Waals surface area contributed by atoms with Crippen LogP contribution in [0.5, 0.6) is 5.75 Å². The molecule has 2 aromatic carbocycles. The molecule has 110 valence electrons. The van der Waals surface area contributed by atoms with Crippen LogP contribution in [0.1, 0.15) is 22.8 Å². The molecule has 0 aliphatic rings. The number of hydrogen-bond donors (Lipinski definition) is 1. The highest BCUT2D eigenvalue weighted by molar-refractivity contribution is 6.35. The third-order valence-corrected chi connectivity index (χ3v) is 3.40. The third kappa shape index (κ3) is 4.38. The number of ether oxygens (including phenoxy) is 1. The first-order valence-corrected chi connectivity index (χ1v) is 7.30. The summed E-state index contributed by atoms with van der Waals surface area (Å²) in [6, 6.07) is 12.4. The van der Waals surface area contributed by atoms with Crippen LogP contribution in [0, 0.1) is 0 Å². The van der Waals surface area contributed by atoms with E-state index in [9.17, 15) is 4.79 Å². The first-order chi connectivity index (χ1) is 10.1. The fraction of sp³-hybridized carbons (Fsp3) is 0.188. The zero-order chi connectivity index (χ0) is 15.2. The summed E-state index contributed by atoms with van der Waals surface area (Å²) >= 11 is 11.9. The predicted octanol–water partition coefficient (Wildman–Crippen LogP) is 4.32. The maximum Gasteiger partial charge on any atom is 0.253 e. The van der Waals surface area contributed by atoms with E-state index >= 15 is 0 Å². The summed E-state index contributed by atoms with van der Waals surface area (Å²) in [6.45, 7) is 2.92. The van der Waals surface area contributed by atoms with Gasteiger partial charge in [0, 0.05) is 11.6 Å². The Bertz CT molecular complexity index is 644.